The molecule has 0 aliphatic rings. The standard InChI is InChI=1S/C26H19BrFN3O2S/c27-23-14-31(13-17-5-8-21(28)9-6-17)30-25(23)29-26(32)24-11-18(16-34-24)15-33-22-10-7-19-3-1-2-4-20(19)12-22/h1-12,14,16H,13,15H2,(H,29,30,32). The molecule has 0 radical (unpaired) electrons. The first-order valence-corrected chi connectivity index (χ1v) is 12.2. The first-order chi connectivity index (χ1) is 16.5. The van der Waals surface area contributed by atoms with Gasteiger partial charge < -0.3 is 10.1 Å². The van der Waals surface area contributed by atoms with Crippen LogP contribution in [0.1, 0.15) is 20.8 Å². The monoisotopic (exact) mass is 535 g/mol. The number of aromatic nitrogens is 2. The van der Waals surface area contributed by atoms with E-state index in [4.69, 9.17) is 4.74 Å². The van der Waals surface area contributed by atoms with Gasteiger partial charge in [0.15, 0.2) is 5.82 Å². The number of carbonyl (C=O) groups excluding carboxylic acids is 1. The number of benzene rings is 3. The lowest BCUT2D eigenvalue weighted by Crippen LogP contribution is -2.11. The summed E-state index contributed by atoms with van der Waals surface area (Å²) in [5, 5.41) is 11.5. The van der Waals surface area contributed by atoms with Crippen LogP contribution in [-0.2, 0) is 13.2 Å². The largest absolute Gasteiger partial charge is 0.489 e. The van der Waals surface area contributed by atoms with E-state index in [1.165, 1.54) is 23.5 Å². The fraction of sp³-hybridized carbons (Fsp3) is 0.0769. The van der Waals surface area contributed by atoms with Crippen LogP contribution < -0.4 is 10.1 Å². The van der Waals surface area contributed by atoms with Crippen LogP contribution in [0.25, 0.3) is 10.8 Å². The molecule has 0 atom stereocenters. The van der Waals surface area contributed by atoms with E-state index in [-0.39, 0.29) is 11.7 Å². The second-order valence-electron chi connectivity index (χ2n) is 7.72. The molecule has 170 valence electrons. The van der Waals surface area contributed by atoms with Crippen molar-refractivity contribution in [1.29, 1.82) is 0 Å². The second-order valence-corrected chi connectivity index (χ2v) is 9.49. The van der Waals surface area contributed by atoms with Gasteiger partial charge in [0.1, 0.15) is 18.2 Å². The Labute approximate surface area is 207 Å². The maximum Gasteiger partial charge on any atom is 0.266 e. The van der Waals surface area contributed by atoms with Gasteiger partial charge in [0.25, 0.3) is 5.91 Å². The Morgan fingerprint density at radius 2 is 1.82 bits per heavy atom. The van der Waals surface area contributed by atoms with Gasteiger partial charge >= 0.3 is 0 Å². The Hall–Kier alpha value is -3.49. The third-order valence-electron chi connectivity index (χ3n) is 5.21. The summed E-state index contributed by atoms with van der Waals surface area (Å²) >= 11 is 4.80. The lowest BCUT2D eigenvalue weighted by Gasteiger charge is -2.06. The molecule has 0 bridgehead atoms. The minimum Gasteiger partial charge on any atom is -0.489 e. The highest BCUT2D eigenvalue weighted by Gasteiger charge is 2.14. The molecule has 8 heteroatoms. The predicted octanol–water partition coefficient (Wildman–Crippen LogP) is 6.88. The number of fused-ring (bicyclic) bond motifs is 1. The summed E-state index contributed by atoms with van der Waals surface area (Å²) in [4.78, 5) is 13.3. The maximum atomic E-state index is 13.1. The molecule has 0 fully saturated rings. The van der Waals surface area contributed by atoms with Gasteiger partial charge in [-0.25, -0.2) is 4.39 Å². The molecule has 34 heavy (non-hydrogen) atoms. The fourth-order valence-electron chi connectivity index (χ4n) is 3.50. The molecular weight excluding hydrogens is 517 g/mol. The van der Waals surface area contributed by atoms with Crippen molar-refractivity contribution in [3.63, 3.8) is 0 Å². The highest BCUT2D eigenvalue weighted by molar-refractivity contribution is 9.10. The number of nitrogens with one attached hydrogen (secondary N) is 1. The predicted molar refractivity (Wildman–Crippen MR) is 136 cm³/mol. The van der Waals surface area contributed by atoms with Crippen LogP contribution in [0.15, 0.2) is 88.8 Å². The van der Waals surface area contributed by atoms with Crippen LogP contribution in [0.4, 0.5) is 10.2 Å². The summed E-state index contributed by atoms with van der Waals surface area (Å²) in [6, 6.07) is 22.2. The Kier molecular flexibility index (Phi) is 6.42. The van der Waals surface area contributed by atoms with Gasteiger partial charge in [0.05, 0.1) is 15.9 Å². The Morgan fingerprint density at radius 3 is 2.65 bits per heavy atom. The number of hydrogen-bond donors (Lipinski definition) is 1. The second kappa shape index (κ2) is 9.79. The number of nitrogens with zero attached hydrogens (tertiary/aromatic N) is 2. The van der Waals surface area contributed by atoms with Crippen LogP contribution in [0.3, 0.4) is 0 Å². The van der Waals surface area contributed by atoms with Gasteiger partial charge in [-0.1, -0.05) is 42.5 Å². The number of ether oxygens (including phenoxy) is 1. The summed E-state index contributed by atoms with van der Waals surface area (Å²) in [7, 11) is 0. The number of halogens is 2. The molecule has 0 saturated heterocycles. The van der Waals surface area contributed by atoms with E-state index in [1.807, 2.05) is 47.8 Å². The fourth-order valence-corrected chi connectivity index (χ4v) is 4.71. The summed E-state index contributed by atoms with van der Waals surface area (Å²) < 4.78 is 21.4. The molecule has 0 aliphatic heterocycles. The van der Waals surface area contributed by atoms with Gasteiger partial charge in [-0.2, -0.15) is 5.10 Å². The summed E-state index contributed by atoms with van der Waals surface area (Å²) in [6.07, 6.45) is 1.77. The molecular formula is C26H19BrFN3O2S. The van der Waals surface area contributed by atoms with Crippen molar-refractivity contribution in [1.82, 2.24) is 9.78 Å². The highest BCUT2D eigenvalue weighted by atomic mass is 79.9. The topological polar surface area (TPSA) is 56.2 Å². The molecule has 1 amide bonds. The van der Waals surface area contributed by atoms with Crippen molar-refractivity contribution in [3.8, 4) is 5.75 Å². The first kappa shape index (κ1) is 22.3. The van der Waals surface area contributed by atoms with Crippen LogP contribution >= 0.6 is 27.3 Å². The molecule has 5 rings (SSSR count). The summed E-state index contributed by atoms with van der Waals surface area (Å²) in [5.74, 6) is 0.687. The van der Waals surface area contributed by atoms with Crippen molar-refractivity contribution in [2.45, 2.75) is 13.2 Å². The third-order valence-corrected chi connectivity index (χ3v) is 6.77. The van der Waals surface area contributed by atoms with Crippen molar-refractivity contribution in [3.05, 3.63) is 111 Å². The maximum absolute atomic E-state index is 13.1. The Bertz CT molecular complexity index is 1460. The molecule has 5 nitrogen and oxygen atoms in total. The van der Waals surface area contributed by atoms with Gasteiger partial charge in [0.2, 0.25) is 0 Å². The quantitative estimate of drug-likeness (QED) is 0.247. The van der Waals surface area contributed by atoms with Gasteiger partial charge in [-0.05, 0) is 68.0 Å². The number of thiophene rings is 1. The van der Waals surface area contributed by atoms with Gasteiger partial charge in [-0.3, -0.25) is 9.48 Å². The number of anilines is 1. The zero-order valence-electron chi connectivity index (χ0n) is 17.9. The average Bonchev–Trinajstić information content (AvgIpc) is 3.45. The van der Waals surface area contributed by atoms with Crippen molar-refractivity contribution in [2.75, 3.05) is 5.32 Å². The summed E-state index contributed by atoms with van der Waals surface area (Å²) in [6.45, 7) is 0.835. The van der Waals surface area contributed by atoms with Crippen LogP contribution in [0.2, 0.25) is 0 Å². The zero-order valence-corrected chi connectivity index (χ0v) is 20.3. The minimum absolute atomic E-state index is 0.241. The van der Waals surface area contributed by atoms with E-state index in [2.05, 4.69) is 32.4 Å². The van der Waals surface area contributed by atoms with Crippen LogP contribution in [-0.4, -0.2) is 15.7 Å². The lowest BCUT2D eigenvalue weighted by atomic mass is 10.1. The van der Waals surface area contributed by atoms with Crippen molar-refractivity contribution < 1.29 is 13.9 Å². The lowest BCUT2D eigenvalue weighted by molar-refractivity contribution is 0.103. The molecule has 0 saturated carbocycles. The molecule has 5 aromatic rings. The number of carbonyl (C=O) groups is 1. The van der Waals surface area contributed by atoms with E-state index in [9.17, 15) is 9.18 Å². The summed E-state index contributed by atoms with van der Waals surface area (Å²) in [5.41, 5.74) is 1.83. The first-order valence-electron chi connectivity index (χ1n) is 10.5. The minimum atomic E-state index is -0.281. The van der Waals surface area contributed by atoms with Crippen molar-refractivity contribution in [2.24, 2.45) is 0 Å². The van der Waals surface area contributed by atoms with E-state index < -0.39 is 0 Å². The van der Waals surface area contributed by atoms with Gasteiger partial charge in [-0.15, -0.1) is 11.3 Å². The highest BCUT2D eigenvalue weighted by Crippen LogP contribution is 2.25. The molecule has 3 aromatic carbocycles. The number of hydrogen-bond acceptors (Lipinski definition) is 4. The average molecular weight is 536 g/mol. The third kappa shape index (κ3) is 5.18. The Morgan fingerprint density at radius 1 is 1.03 bits per heavy atom. The van der Waals surface area contributed by atoms with E-state index in [0.29, 0.717) is 28.3 Å². The van der Waals surface area contributed by atoms with Gasteiger partial charge in [0, 0.05) is 11.8 Å². The molecule has 2 aromatic heterocycles. The SMILES string of the molecule is O=C(Nc1nn(Cc2ccc(F)cc2)cc1Br)c1cc(COc2ccc3ccccc3c2)cs1. The Balaban J connectivity index is 1.20. The molecule has 0 unspecified atom stereocenters. The molecule has 1 N–H and O–H groups in total. The van der Waals surface area contributed by atoms with E-state index in [0.717, 1.165) is 27.6 Å². The number of rotatable bonds is 7. The molecule has 0 spiro atoms. The van der Waals surface area contributed by atoms with E-state index >= 15 is 0 Å². The zero-order chi connectivity index (χ0) is 23.5. The normalized spacial score (nSPS) is 11.0. The molecule has 0 aliphatic carbocycles. The van der Waals surface area contributed by atoms with Crippen molar-refractivity contribution >= 4 is 49.8 Å². The van der Waals surface area contributed by atoms with E-state index in [1.54, 1.807) is 23.0 Å². The van der Waals surface area contributed by atoms with Crippen LogP contribution in [0, 0.1) is 5.82 Å². The van der Waals surface area contributed by atoms with Crippen LogP contribution in [0.5, 0.6) is 5.75 Å². The number of amides is 1. The smallest absolute Gasteiger partial charge is 0.266 e. The molecule has 2 heterocycles.